The van der Waals surface area contributed by atoms with Crippen LogP contribution in [0.25, 0.3) is 0 Å². The summed E-state index contributed by atoms with van der Waals surface area (Å²) in [5, 5.41) is 0.588. The van der Waals surface area contributed by atoms with Crippen LogP contribution in [0.3, 0.4) is 0 Å². The monoisotopic (exact) mass is 229 g/mol. The SMILES string of the molecule is COCOc1c(Cl)cccc1CC(C)N. The number of hydrogen-bond donors (Lipinski definition) is 1. The molecule has 0 heterocycles. The van der Waals surface area contributed by atoms with Gasteiger partial charge in [0, 0.05) is 13.2 Å². The second kappa shape index (κ2) is 5.95. The number of para-hydroxylation sites is 1. The van der Waals surface area contributed by atoms with Gasteiger partial charge in [-0.2, -0.15) is 0 Å². The summed E-state index contributed by atoms with van der Waals surface area (Å²) in [5.41, 5.74) is 6.75. The van der Waals surface area contributed by atoms with E-state index in [0.29, 0.717) is 10.8 Å². The molecular weight excluding hydrogens is 214 g/mol. The summed E-state index contributed by atoms with van der Waals surface area (Å²) in [7, 11) is 1.57. The molecule has 0 saturated carbocycles. The zero-order chi connectivity index (χ0) is 11.3. The van der Waals surface area contributed by atoms with Crippen molar-refractivity contribution in [2.24, 2.45) is 5.73 Å². The number of halogens is 1. The van der Waals surface area contributed by atoms with Gasteiger partial charge in [0.15, 0.2) is 6.79 Å². The number of nitrogens with two attached hydrogens (primary N) is 1. The molecule has 1 rings (SSSR count). The van der Waals surface area contributed by atoms with Gasteiger partial charge in [0.05, 0.1) is 5.02 Å². The highest BCUT2D eigenvalue weighted by Crippen LogP contribution is 2.29. The van der Waals surface area contributed by atoms with Gasteiger partial charge in [0.25, 0.3) is 0 Å². The second-order valence-corrected chi connectivity index (χ2v) is 3.87. The first kappa shape index (κ1) is 12.3. The van der Waals surface area contributed by atoms with Crippen molar-refractivity contribution in [3.05, 3.63) is 28.8 Å². The minimum Gasteiger partial charge on any atom is -0.466 e. The molecule has 0 spiro atoms. The largest absolute Gasteiger partial charge is 0.466 e. The number of benzene rings is 1. The van der Waals surface area contributed by atoms with E-state index in [4.69, 9.17) is 26.8 Å². The molecule has 0 aromatic heterocycles. The number of hydrogen-bond acceptors (Lipinski definition) is 3. The summed E-state index contributed by atoms with van der Waals surface area (Å²) in [6.45, 7) is 2.14. The summed E-state index contributed by atoms with van der Waals surface area (Å²) in [4.78, 5) is 0. The van der Waals surface area contributed by atoms with E-state index in [-0.39, 0.29) is 12.8 Å². The summed E-state index contributed by atoms with van der Waals surface area (Å²) in [5.74, 6) is 0.665. The third-order valence-electron chi connectivity index (χ3n) is 1.91. The maximum Gasteiger partial charge on any atom is 0.188 e. The topological polar surface area (TPSA) is 44.5 Å². The lowest BCUT2D eigenvalue weighted by Crippen LogP contribution is -2.18. The molecule has 1 unspecified atom stereocenters. The van der Waals surface area contributed by atoms with E-state index in [1.807, 2.05) is 19.1 Å². The molecule has 0 bridgehead atoms. The Balaban J connectivity index is 2.87. The maximum absolute atomic E-state index is 6.03. The first-order chi connectivity index (χ1) is 7.15. The second-order valence-electron chi connectivity index (χ2n) is 3.46. The van der Waals surface area contributed by atoms with Crippen LogP contribution in [0.2, 0.25) is 5.02 Å². The minimum absolute atomic E-state index is 0.0772. The third kappa shape index (κ3) is 3.70. The van der Waals surface area contributed by atoms with Crippen LogP contribution in [0.4, 0.5) is 0 Å². The van der Waals surface area contributed by atoms with Crippen molar-refractivity contribution in [1.82, 2.24) is 0 Å². The van der Waals surface area contributed by atoms with Gasteiger partial charge in [-0.1, -0.05) is 23.7 Å². The van der Waals surface area contributed by atoms with Gasteiger partial charge in [-0.3, -0.25) is 0 Å². The Morgan fingerprint density at radius 1 is 1.47 bits per heavy atom. The van der Waals surface area contributed by atoms with E-state index in [1.54, 1.807) is 13.2 Å². The lowest BCUT2D eigenvalue weighted by atomic mass is 10.1. The fourth-order valence-corrected chi connectivity index (χ4v) is 1.59. The Hall–Kier alpha value is -0.770. The van der Waals surface area contributed by atoms with Gasteiger partial charge in [-0.15, -0.1) is 0 Å². The van der Waals surface area contributed by atoms with Crippen molar-refractivity contribution in [1.29, 1.82) is 0 Å². The predicted molar refractivity (Wildman–Crippen MR) is 61.3 cm³/mol. The Bertz CT molecular complexity index is 315. The van der Waals surface area contributed by atoms with Crippen molar-refractivity contribution < 1.29 is 9.47 Å². The summed E-state index contributed by atoms with van der Waals surface area (Å²) in [6, 6.07) is 5.71. The fourth-order valence-electron chi connectivity index (χ4n) is 1.34. The highest BCUT2D eigenvalue weighted by molar-refractivity contribution is 6.32. The molecule has 0 fully saturated rings. The number of ether oxygens (including phenoxy) is 2. The van der Waals surface area contributed by atoms with Crippen molar-refractivity contribution in [3.63, 3.8) is 0 Å². The van der Waals surface area contributed by atoms with Crippen LogP contribution in [0.5, 0.6) is 5.75 Å². The highest BCUT2D eigenvalue weighted by atomic mass is 35.5. The Morgan fingerprint density at radius 3 is 2.80 bits per heavy atom. The smallest absolute Gasteiger partial charge is 0.188 e. The molecule has 0 aliphatic heterocycles. The average molecular weight is 230 g/mol. The number of methoxy groups -OCH3 is 1. The predicted octanol–water partition coefficient (Wildman–Crippen LogP) is 2.21. The molecule has 2 N–H and O–H groups in total. The van der Waals surface area contributed by atoms with E-state index in [0.717, 1.165) is 12.0 Å². The summed E-state index contributed by atoms with van der Waals surface area (Å²) >= 11 is 6.03. The van der Waals surface area contributed by atoms with E-state index in [9.17, 15) is 0 Å². The fraction of sp³-hybridized carbons (Fsp3) is 0.455. The molecule has 3 nitrogen and oxygen atoms in total. The molecule has 0 radical (unpaired) electrons. The van der Waals surface area contributed by atoms with Crippen LogP contribution < -0.4 is 10.5 Å². The first-order valence-corrected chi connectivity index (χ1v) is 5.17. The van der Waals surface area contributed by atoms with Gasteiger partial charge in [-0.05, 0) is 25.0 Å². The normalized spacial score (nSPS) is 12.5. The molecule has 0 saturated heterocycles. The lowest BCUT2D eigenvalue weighted by molar-refractivity contribution is 0.0504. The summed E-state index contributed by atoms with van der Waals surface area (Å²) in [6.07, 6.45) is 0.736. The molecule has 4 heteroatoms. The third-order valence-corrected chi connectivity index (χ3v) is 2.21. The lowest BCUT2D eigenvalue weighted by Gasteiger charge is -2.13. The van der Waals surface area contributed by atoms with Gasteiger partial charge >= 0.3 is 0 Å². The Morgan fingerprint density at radius 2 is 2.20 bits per heavy atom. The minimum atomic E-state index is 0.0772. The molecule has 15 heavy (non-hydrogen) atoms. The van der Waals surface area contributed by atoms with Gasteiger partial charge in [-0.25, -0.2) is 0 Å². The van der Waals surface area contributed by atoms with E-state index < -0.39 is 0 Å². The van der Waals surface area contributed by atoms with Crippen LogP contribution in [0.1, 0.15) is 12.5 Å². The molecule has 0 amide bonds. The van der Waals surface area contributed by atoms with Gasteiger partial charge < -0.3 is 15.2 Å². The summed E-state index contributed by atoms with van der Waals surface area (Å²) < 4.78 is 10.3. The molecule has 0 aliphatic rings. The molecule has 0 aliphatic carbocycles. The Kier molecular flexibility index (Phi) is 4.88. The molecular formula is C11H16ClNO2. The van der Waals surface area contributed by atoms with Gasteiger partial charge in [0.1, 0.15) is 5.75 Å². The first-order valence-electron chi connectivity index (χ1n) is 4.80. The van der Waals surface area contributed by atoms with Crippen LogP contribution in [0.15, 0.2) is 18.2 Å². The molecule has 1 aromatic carbocycles. The molecule has 84 valence electrons. The highest BCUT2D eigenvalue weighted by Gasteiger charge is 2.09. The standard InChI is InChI=1S/C11H16ClNO2/c1-8(13)6-9-4-3-5-10(12)11(9)15-7-14-2/h3-5,8H,6-7,13H2,1-2H3. The molecule has 1 aromatic rings. The Labute approximate surface area is 95.1 Å². The zero-order valence-corrected chi connectivity index (χ0v) is 9.75. The van der Waals surface area contributed by atoms with Crippen molar-refractivity contribution >= 4 is 11.6 Å². The van der Waals surface area contributed by atoms with Crippen LogP contribution in [-0.2, 0) is 11.2 Å². The molecule has 1 atom stereocenters. The maximum atomic E-state index is 6.03. The van der Waals surface area contributed by atoms with Crippen LogP contribution in [-0.4, -0.2) is 19.9 Å². The van der Waals surface area contributed by atoms with Crippen molar-refractivity contribution in [3.8, 4) is 5.75 Å². The van der Waals surface area contributed by atoms with E-state index in [1.165, 1.54) is 0 Å². The average Bonchev–Trinajstić information content (AvgIpc) is 2.16. The number of rotatable bonds is 5. The van der Waals surface area contributed by atoms with E-state index >= 15 is 0 Å². The van der Waals surface area contributed by atoms with Gasteiger partial charge in [0.2, 0.25) is 0 Å². The zero-order valence-electron chi connectivity index (χ0n) is 9.00. The van der Waals surface area contributed by atoms with Crippen LogP contribution >= 0.6 is 11.6 Å². The van der Waals surface area contributed by atoms with Crippen molar-refractivity contribution in [2.45, 2.75) is 19.4 Å². The van der Waals surface area contributed by atoms with Crippen molar-refractivity contribution in [2.75, 3.05) is 13.9 Å². The van der Waals surface area contributed by atoms with E-state index in [2.05, 4.69) is 0 Å². The van der Waals surface area contributed by atoms with Crippen LogP contribution in [0, 0.1) is 0 Å². The quantitative estimate of drug-likeness (QED) is 0.788.